The number of hydrogen-bond donors (Lipinski definition) is 1. The predicted molar refractivity (Wildman–Crippen MR) is 121 cm³/mol. The smallest absolute Gasteiger partial charge is 0.290 e. The minimum absolute atomic E-state index is 0.0462. The average Bonchev–Trinajstić information content (AvgIpc) is 3.37. The van der Waals surface area contributed by atoms with Crippen molar-refractivity contribution in [1.82, 2.24) is 9.80 Å². The standard InChI is InChI=1S/C25H30N2O6/c1-3-32-19-8-6-18(7-9-19)22-21(23(28)20-10-5-17(2)33-20)24(29)25(30)27(22)12-4-11-26-13-15-31-16-14-26/h5-10,22,29H,3-4,11-16H2,1-2H3. The molecule has 0 saturated carbocycles. The molecule has 1 N–H and O–H groups in total. The third kappa shape index (κ3) is 4.96. The maximum atomic E-state index is 13.3. The number of carbonyl (C=O) groups excluding carboxylic acids is 2. The number of amides is 1. The van der Waals surface area contributed by atoms with E-state index in [1.54, 1.807) is 24.0 Å². The van der Waals surface area contributed by atoms with Gasteiger partial charge in [-0.3, -0.25) is 14.5 Å². The molecule has 176 valence electrons. The number of aliphatic hydroxyl groups excluding tert-OH is 1. The second-order valence-electron chi connectivity index (χ2n) is 8.21. The lowest BCUT2D eigenvalue weighted by Crippen LogP contribution is -2.39. The summed E-state index contributed by atoms with van der Waals surface area (Å²) in [7, 11) is 0. The number of morpholine rings is 1. The van der Waals surface area contributed by atoms with Gasteiger partial charge in [0.05, 0.1) is 31.4 Å². The van der Waals surface area contributed by atoms with E-state index in [4.69, 9.17) is 13.9 Å². The fourth-order valence-corrected chi connectivity index (χ4v) is 4.35. The normalized spacial score (nSPS) is 19.4. The van der Waals surface area contributed by atoms with Crippen LogP contribution in [-0.4, -0.2) is 72.6 Å². The van der Waals surface area contributed by atoms with Gasteiger partial charge in [-0.2, -0.15) is 0 Å². The van der Waals surface area contributed by atoms with Crippen LogP contribution in [0, 0.1) is 6.92 Å². The van der Waals surface area contributed by atoms with Crippen LogP contribution in [0.3, 0.4) is 0 Å². The number of furan rings is 1. The molecular formula is C25H30N2O6. The summed E-state index contributed by atoms with van der Waals surface area (Å²) in [6, 6.07) is 9.84. The van der Waals surface area contributed by atoms with Gasteiger partial charge in [0.15, 0.2) is 11.5 Å². The van der Waals surface area contributed by atoms with Crippen molar-refractivity contribution in [2.75, 3.05) is 46.0 Å². The molecule has 1 atom stereocenters. The van der Waals surface area contributed by atoms with E-state index in [0.29, 0.717) is 44.3 Å². The Morgan fingerprint density at radius 1 is 1.12 bits per heavy atom. The Morgan fingerprint density at radius 2 is 1.85 bits per heavy atom. The summed E-state index contributed by atoms with van der Waals surface area (Å²) in [6.07, 6.45) is 0.716. The number of Topliss-reactive ketones (excluding diaryl/α,β-unsaturated/α-hetero) is 1. The van der Waals surface area contributed by atoms with Gasteiger partial charge in [0, 0.05) is 26.2 Å². The van der Waals surface area contributed by atoms with Crippen molar-refractivity contribution in [2.24, 2.45) is 0 Å². The molecule has 1 amide bonds. The van der Waals surface area contributed by atoms with Gasteiger partial charge in [-0.05, 0) is 50.1 Å². The zero-order valence-corrected chi connectivity index (χ0v) is 19.1. The zero-order chi connectivity index (χ0) is 23.4. The first kappa shape index (κ1) is 23.1. The molecule has 3 heterocycles. The molecule has 2 aliphatic rings. The van der Waals surface area contributed by atoms with Crippen LogP contribution >= 0.6 is 0 Å². The van der Waals surface area contributed by atoms with E-state index < -0.39 is 23.5 Å². The Hall–Kier alpha value is -3.10. The van der Waals surface area contributed by atoms with Gasteiger partial charge in [-0.15, -0.1) is 0 Å². The third-order valence-corrected chi connectivity index (χ3v) is 6.00. The summed E-state index contributed by atoms with van der Waals surface area (Å²) >= 11 is 0. The Kier molecular flexibility index (Phi) is 7.15. The quantitative estimate of drug-likeness (QED) is 0.581. The summed E-state index contributed by atoms with van der Waals surface area (Å²) in [5.41, 5.74) is 0.777. The van der Waals surface area contributed by atoms with Crippen LogP contribution in [0.5, 0.6) is 5.75 Å². The summed E-state index contributed by atoms with van der Waals surface area (Å²) in [4.78, 5) is 30.2. The first-order valence-electron chi connectivity index (χ1n) is 11.4. The van der Waals surface area contributed by atoms with Gasteiger partial charge in [0.25, 0.3) is 5.91 Å². The van der Waals surface area contributed by atoms with E-state index in [9.17, 15) is 14.7 Å². The lowest BCUT2D eigenvalue weighted by atomic mass is 9.95. The Morgan fingerprint density at radius 3 is 2.48 bits per heavy atom. The van der Waals surface area contributed by atoms with Gasteiger partial charge in [0.1, 0.15) is 11.5 Å². The van der Waals surface area contributed by atoms with Crippen LogP contribution in [0.25, 0.3) is 0 Å². The molecule has 1 aromatic heterocycles. The van der Waals surface area contributed by atoms with Gasteiger partial charge >= 0.3 is 0 Å². The van der Waals surface area contributed by atoms with Crippen molar-refractivity contribution in [3.05, 3.63) is 64.8 Å². The number of benzene rings is 1. The number of nitrogens with zero attached hydrogens (tertiary/aromatic N) is 2. The topological polar surface area (TPSA) is 92.5 Å². The molecule has 1 saturated heterocycles. The first-order valence-corrected chi connectivity index (χ1v) is 11.4. The largest absolute Gasteiger partial charge is 0.503 e. The van der Waals surface area contributed by atoms with Crippen LogP contribution in [0.2, 0.25) is 0 Å². The molecule has 0 aliphatic carbocycles. The minimum atomic E-state index is -0.698. The number of rotatable bonds is 9. The maximum Gasteiger partial charge on any atom is 0.290 e. The van der Waals surface area contributed by atoms with Crippen molar-refractivity contribution in [3.63, 3.8) is 0 Å². The molecule has 0 radical (unpaired) electrons. The molecule has 1 aromatic carbocycles. The fourth-order valence-electron chi connectivity index (χ4n) is 4.35. The van der Waals surface area contributed by atoms with Crippen molar-refractivity contribution >= 4 is 11.7 Å². The van der Waals surface area contributed by atoms with E-state index in [1.165, 1.54) is 0 Å². The second-order valence-corrected chi connectivity index (χ2v) is 8.21. The number of carbonyl (C=O) groups is 2. The average molecular weight is 455 g/mol. The van der Waals surface area contributed by atoms with Crippen molar-refractivity contribution in [2.45, 2.75) is 26.3 Å². The number of aryl methyl sites for hydroxylation is 1. The Labute approximate surface area is 193 Å². The van der Waals surface area contributed by atoms with Gasteiger partial charge in [0.2, 0.25) is 5.78 Å². The highest BCUT2D eigenvalue weighted by molar-refractivity contribution is 6.15. The van der Waals surface area contributed by atoms with Crippen LogP contribution in [-0.2, 0) is 9.53 Å². The van der Waals surface area contributed by atoms with E-state index in [0.717, 1.165) is 25.2 Å². The van der Waals surface area contributed by atoms with Crippen molar-refractivity contribution < 1.29 is 28.6 Å². The molecule has 1 fully saturated rings. The van der Waals surface area contributed by atoms with Gasteiger partial charge < -0.3 is 23.9 Å². The zero-order valence-electron chi connectivity index (χ0n) is 19.1. The van der Waals surface area contributed by atoms with Crippen LogP contribution in [0.4, 0.5) is 0 Å². The lowest BCUT2D eigenvalue weighted by Gasteiger charge is -2.30. The van der Waals surface area contributed by atoms with E-state index >= 15 is 0 Å². The summed E-state index contributed by atoms with van der Waals surface area (Å²) in [5.74, 6) is -0.145. The number of ketones is 1. The SMILES string of the molecule is CCOc1ccc(C2C(C(=O)c3ccc(C)o3)=C(O)C(=O)N2CCCN2CCOCC2)cc1. The van der Waals surface area contributed by atoms with Crippen molar-refractivity contribution in [3.8, 4) is 5.75 Å². The van der Waals surface area contributed by atoms with E-state index in [1.807, 2.05) is 31.2 Å². The molecule has 0 spiro atoms. The minimum Gasteiger partial charge on any atom is -0.503 e. The molecule has 33 heavy (non-hydrogen) atoms. The second kappa shape index (κ2) is 10.2. The van der Waals surface area contributed by atoms with Crippen LogP contribution in [0.1, 0.15) is 41.3 Å². The van der Waals surface area contributed by atoms with Gasteiger partial charge in [-0.25, -0.2) is 0 Å². The Balaban J connectivity index is 1.60. The van der Waals surface area contributed by atoms with Crippen molar-refractivity contribution in [1.29, 1.82) is 0 Å². The molecule has 8 heteroatoms. The molecule has 4 rings (SSSR count). The lowest BCUT2D eigenvalue weighted by molar-refractivity contribution is -0.129. The highest BCUT2D eigenvalue weighted by Crippen LogP contribution is 2.39. The highest BCUT2D eigenvalue weighted by Gasteiger charge is 2.44. The molecule has 0 bridgehead atoms. The predicted octanol–water partition coefficient (Wildman–Crippen LogP) is 3.29. The number of ether oxygens (including phenoxy) is 2. The molecule has 8 nitrogen and oxygen atoms in total. The van der Waals surface area contributed by atoms with E-state index in [2.05, 4.69) is 4.90 Å². The fraction of sp³-hybridized carbons (Fsp3) is 0.440. The van der Waals surface area contributed by atoms with Crippen LogP contribution in [0.15, 0.2) is 52.1 Å². The summed E-state index contributed by atoms with van der Waals surface area (Å²) in [5, 5.41) is 10.8. The molecular weight excluding hydrogens is 424 g/mol. The maximum absolute atomic E-state index is 13.3. The monoisotopic (exact) mass is 454 g/mol. The molecule has 1 unspecified atom stereocenters. The Bertz CT molecular complexity index is 1020. The number of hydrogen-bond acceptors (Lipinski definition) is 7. The van der Waals surface area contributed by atoms with Gasteiger partial charge in [-0.1, -0.05) is 12.1 Å². The highest BCUT2D eigenvalue weighted by atomic mass is 16.5. The third-order valence-electron chi connectivity index (χ3n) is 6.00. The number of aliphatic hydroxyl groups is 1. The first-order chi connectivity index (χ1) is 16.0. The summed E-state index contributed by atoms with van der Waals surface area (Å²) < 4.78 is 16.4. The van der Waals surface area contributed by atoms with E-state index in [-0.39, 0.29) is 11.3 Å². The molecule has 2 aromatic rings. The van der Waals surface area contributed by atoms with Crippen LogP contribution < -0.4 is 4.74 Å². The summed E-state index contributed by atoms with van der Waals surface area (Å²) in [6.45, 7) is 8.55. The molecule has 2 aliphatic heterocycles.